The average Bonchev–Trinajstić information content (AvgIpc) is 3.21. The zero-order valence-electron chi connectivity index (χ0n) is 11.2. The van der Waals surface area contributed by atoms with Gasteiger partial charge in [0.05, 0.1) is 5.56 Å². The number of benzene rings is 1. The first-order valence-electron chi connectivity index (χ1n) is 6.57. The molecule has 1 aliphatic rings. The summed E-state index contributed by atoms with van der Waals surface area (Å²) >= 11 is 1.42. The third-order valence-electron chi connectivity index (χ3n) is 3.46. The van der Waals surface area contributed by atoms with Gasteiger partial charge >= 0.3 is 0 Å². The van der Waals surface area contributed by atoms with Crippen molar-refractivity contribution in [2.45, 2.75) is 0 Å². The van der Waals surface area contributed by atoms with Crippen LogP contribution in [0.15, 0.2) is 40.6 Å². The fourth-order valence-corrected chi connectivity index (χ4v) is 3.10. The van der Waals surface area contributed by atoms with Crippen molar-refractivity contribution in [2.24, 2.45) is 0 Å². The Morgan fingerprint density at radius 2 is 2.00 bits per heavy atom. The van der Waals surface area contributed by atoms with E-state index < -0.39 is 0 Å². The lowest BCUT2D eigenvalue weighted by Gasteiger charge is -1.97. The Bertz CT molecular complexity index is 950. The van der Waals surface area contributed by atoms with Crippen LogP contribution >= 0.6 is 11.3 Å². The Balaban J connectivity index is 1.90. The summed E-state index contributed by atoms with van der Waals surface area (Å²) in [4.78, 5) is 28.4. The smallest absolute Gasteiger partial charge is 0.271 e. The maximum absolute atomic E-state index is 12.2. The van der Waals surface area contributed by atoms with E-state index in [-0.39, 0.29) is 11.5 Å². The van der Waals surface area contributed by atoms with Crippen LogP contribution in [0.1, 0.15) is 11.1 Å². The second kappa shape index (κ2) is 4.81. The van der Waals surface area contributed by atoms with Crippen LogP contribution in [0.5, 0.6) is 0 Å². The molecule has 3 aromatic rings. The largest absolute Gasteiger partial charge is 0.321 e. The van der Waals surface area contributed by atoms with Crippen molar-refractivity contribution in [1.29, 1.82) is 0 Å². The molecule has 0 saturated heterocycles. The average molecular weight is 310 g/mol. The number of thiazole rings is 1. The predicted octanol–water partition coefficient (Wildman–Crippen LogP) is 2.32. The SMILES string of the molecule is O=C1Nc2ccccc2/C1=C\c1c(-c2nccs2)[nH][nH]c1=O. The number of carbonyl (C=O) groups is 1. The highest BCUT2D eigenvalue weighted by Gasteiger charge is 2.25. The quantitative estimate of drug-likeness (QED) is 0.634. The van der Waals surface area contributed by atoms with E-state index in [1.54, 1.807) is 12.3 Å². The number of rotatable bonds is 2. The third-order valence-corrected chi connectivity index (χ3v) is 4.25. The van der Waals surface area contributed by atoms with E-state index in [2.05, 4.69) is 20.5 Å². The van der Waals surface area contributed by atoms with Gasteiger partial charge in [0, 0.05) is 28.4 Å². The summed E-state index contributed by atoms with van der Waals surface area (Å²) in [6, 6.07) is 7.39. The van der Waals surface area contributed by atoms with Crippen molar-refractivity contribution in [1.82, 2.24) is 15.2 Å². The van der Waals surface area contributed by atoms with E-state index in [4.69, 9.17) is 0 Å². The first kappa shape index (κ1) is 12.8. The first-order chi connectivity index (χ1) is 10.7. The molecule has 0 bridgehead atoms. The van der Waals surface area contributed by atoms with Gasteiger partial charge in [-0.2, -0.15) is 0 Å². The number of aromatic nitrogens is 3. The zero-order chi connectivity index (χ0) is 15.1. The van der Waals surface area contributed by atoms with Gasteiger partial charge in [0.2, 0.25) is 0 Å². The molecule has 0 radical (unpaired) electrons. The van der Waals surface area contributed by atoms with Gasteiger partial charge in [-0.15, -0.1) is 11.3 Å². The highest BCUT2D eigenvalue weighted by Crippen LogP contribution is 2.33. The molecule has 6 nitrogen and oxygen atoms in total. The molecule has 22 heavy (non-hydrogen) atoms. The number of hydrogen-bond donors (Lipinski definition) is 3. The molecule has 7 heteroatoms. The lowest BCUT2D eigenvalue weighted by Crippen LogP contribution is -2.06. The Morgan fingerprint density at radius 3 is 2.82 bits per heavy atom. The Labute approximate surface area is 128 Å². The van der Waals surface area contributed by atoms with E-state index in [9.17, 15) is 9.59 Å². The molecule has 4 rings (SSSR count). The monoisotopic (exact) mass is 310 g/mol. The van der Waals surface area contributed by atoms with Crippen LogP contribution in [-0.4, -0.2) is 21.1 Å². The zero-order valence-corrected chi connectivity index (χ0v) is 12.0. The lowest BCUT2D eigenvalue weighted by molar-refractivity contribution is -0.110. The van der Waals surface area contributed by atoms with E-state index in [1.165, 1.54) is 11.3 Å². The number of hydrogen-bond acceptors (Lipinski definition) is 4. The van der Waals surface area contributed by atoms with Crippen LogP contribution in [0, 0.1) is 0 Å². The van der Waals surface area contributed by atoms with Crippen molar-refractivity contribution in [3.8, 4) is 10.7 Å². The lowest BCUT2D eigenvalue weighted by atomic mass is 10.0. The van der Waals surface area contributed by atoms with E-state index in [0.29, 0.717) is 21.8 Å². The summed E-state index contributed by atoms with van der Waals surface area (Å²) in [6.07, 6.45) is 3.27. The number of H-pyrrole nitrogens is 2. The molecule has 0 fully saturated rings. The maximum atomic E-state index is 12.2. The molecule has 0 unspecified atom stereocenters. The second-order valence-corrected chi connectivity index (χ2v) is 5.66. The van der Waals surface area contributed by atoms with E-state index in [0.717, 1.165) is 11.3 Å². The number of para-hydroxylation sites is 1. The molecule has 108 valence electrons. The summed E-state index contributed by atoms with van der Waals surface area (Å²) in [7, 11) is 0. The van der Waals surface area contributed by atoms with Crippen LogP contribution in [0.3, 0.4) is 0 Å². The fourth-order valence-electron chi connectivity index (χ4n) is 2.45. The number of fused-ring (bicyclic) bond motifs is 1. The molecule has 1 amide bonds. The molecular formula is C15H10N4O2S. The maximum Gasteiger partial charge on any atom is 0.271 e. The van der Waals surface area contributed by atoms with Gasteiger partial charge in [-0.05, 0) is 12.1 Å². The fraction of sp³-hybridized carbons (Fsp3) is 0. The summed E-state index contributed by atoms with van der Waals surface area (Å²) in [6.45, 7) is 0. The number of nitrogens with zero attached hydrogens (tertiary/aromatic N) is 1. The standard InChI is InChI=1S/C15H10N4O2S/c20-13-9(8-3-1-2-4-11(8)17-13)7-10-12(18-19-14(10)21)15-16-5-6-22-15/h1-7H,(H,17,20)(H2,18,19,21)/b9-7+. The molecule has 0 aliphatic carbocycles. The van der Waals surface area contributed by atoms with E-state index in [1.807, 2.05) is 29.6 Å². The van der Waals surface area contributed by atoms with Crippen molar-refractivity contribution in [3.63, 3.8) is 0 Å². The minimum Gasteiger partial charge on any atom is -0.321 e. The highest BCUT2D eigenvalue weighted by molar-refractivity contribution is 7.13. The number of aromatic amines is 2. The van der Waals surface area contributed by atoms with Crippen LogP contribution in [0.2, 0.25) is 0 Å². The molecule has 2 aromatic heterocycles. The molecule has 0 saturated carbocycles. The second-order valence-electron chi connectivity index (χ2n) is 4.76. The predicted molar refractivity (Wildman–Crippen MR) is 85.5 cm³/mol. The molecule has 1 aromatic carbocycles. The Hall–Kier alpha value is -2.93. The van der Waals surface area contributed by atoms with Crippen molar-refractivity contribution in [2.75, 3.05) is 5.32 Å². The van der Waals surface area contributed by atoms with Gasteiger partial charge in [-0.1, -0.05) is 18.2 Å². The van der Waals surface area contributed by atoms with Crippen LogP contribution in [0.4, 0.5) is 5.69 Å². The molecule has 3 N–H and O–H groups in total. The summed E-state index contributed by atoms with van der Waals surface area (Å²) in [5.74, 6) is -0.216. The first-order valence-corrected chi connectivity index (χ1v) is 7.45. The van der Waals surface area contributed by atoms with Gasteiger partial charge in [0.15, 0.2) is 0 Å². The minimum absolute atomic E-state index is 0.216. The molecule has 3 heterocycles. The van der Waals surface area contributed by atoms with Crippen LogP contribution < -0.4 is 10.9 Å². The molecule has 1 aliphatic heterocycles. The van der Waals surface area contributed by atoms with Crippen LogP contribution in [0.25, 0.3) is 22.4 Å². The van der Waals surface area contributed by atoms with Gasteiger partial charge in [-0.3, -0.25) is 19.8 Å². The topological polar surface area (TPSA) is 90.6 Å². The summed E-state index contributed by atoms with van der Waals surface area (Å²) in [5.41, 5.74) is 2.72. The number of amides is 1. The molecular weight excluding hydrogens is 300 g/mol. The minimum atomic E-state index is -0.283. The summed E-state index contributed by atoms with van der Waals surface area (Å²) in [5, 5.41) is 10.7. The van der Waals surface area contributed by atoms with Crippen molar-refractivity contribution >= 4 is 34.6 Å². The van der Waals surface area contributed by atoms with Gasteiger partial charge in [-0.25, -0.2) is 4.98 Å². The van der Waals surface area contributed by atoms with Crippen LogP contribution in [-0.2, 0) is 4.79 Å². The normalized spacial score (nSPS) is 15.1. The number of nitrogens with one attached hydrogen (secondary N) is 3. The van der Waals surface area contributed by atoms with Crippen molar-refractivity contribution < 1.29 is 4.79 Å². The number of anilines is 1. The molecule has 0 spiro atoms. The van der Waals surface area contributed by atoms with E-state index >= 15 is 0 Å². The van der Waals surface area contributed by atoms with Gasteiger partial charge in [0.25, 0.3) is 11.5 Å². The Kier molecular flexibility index (Phi) is 2.80. The number of carbonyl (C=O) groups excluding carboxylic acids is 1. The van der Waals surface area contributed by atoms with Gasteiger partial charge < -0.3 is 5.32 Å². The highest BCUT2D eigenvalue weighted by atomic mass is 32.1. The Morgan fingerprint density at radius 1 is 1.14 bits per heavy atom. The molecule has 0 atom stereocenters. The summed E-state index contributed by atoms with van der Waals surface area (Å²) < 4.78 is 0. The van der Waals surface area contributed by atoms with Crippen molar-refractivity contribution in [3.05, 3.63) is 57.3 Å². The van der Waals surface area contributed by atoms with Gasteiger partial charge in [0.1, 0.15) is 10.7 Å². The third kappa shape index (κ3) is 1.91.